The number of nitrogens with one attached hydrogen (secondary N) is 1. The Balaban J connectivity index is 2.46. The van der Waals surface area contributed by atoms with Crippen molar-refractivity contribution in [3.8, 4) is 5.75 Å². The van der Waals surface area contributed by atoms with Crippen molar-refractivity contribution in [2.75, 3.05) is 13.2 Å². The molecule has 0 aliphatic carbocycles. The van der Waals surface area contributed by atoms with Crippen molar-refractivity contribution in [1.82, 2.24) is 5.32 Å². The number of rotatable bonds is 5. The van der Waals surface area contributed by atoms with Crippen LogP contribution in [-0.4, -0.2) is 18.7 Å². The second-order valence-electron chi connectivity index (χ2n) is 5.19. The van der Waals surface area contributed by atoms with Crippen LogP contribution >= 0.6 is 23.2 Å². The van der Waals surface area contributed by atoms with Crippen LogP contribution in [0.15, 0.2) is 30.4 Å². The highest BCUT2D eigenvalue weighted by Crippen LogP contribution is 2.31. The van der Waals surface area contributed by atoms with E-state index in [1.54, 1.807) is 18.2 Å². The zero-order valence-corrected chi connectivity index (χ0v) is 12.5. The maximum atomic E-state index is 6.02. The highest BCUT2D eigenvalue weighted by atomic mass is 35.5. The lowest BCUT2D eigenvalue weighted by molar-refractivity contribution is 0.342. The van der Waals surface area contributed by atoms with Gasteiger partial charge in [0.05, 0.1) is 5.02 Å². The maximum absolute atomic E-state index is 6.02. The fourth-order valence-electron chi connectivity index (χ4n) is 1.22. The fraction of sp³-hybridized carbons (Fsp3) is 0.429. The summed E-state index contributed by atoms with van der Waals surface area (Å²) < 4.78 is 5.59. The molecule has 0 fully saturated rings. The Morgan fingerprint density at radius 2 is 2.00 bits per heavy atom. The minimum atomic E-state index is 0.0661. The van der Waals surface area contributed by atoms with E-state index in [-0.39, 0.29) is 5.54 Å². The first-order valence-corrected chi connectivity index (χ1v) is 6.53. The lowest BCUT2D eigenvalue weighted by Gasteiger charge is -2.21. The summed E-state index contributed by atoms with van der Waals surface area (Å²) in [6.45, 7) is 11.4. The number of hydrogen-bond donors (Lipinski definition) is 1. The molecule has 0 saturated carbocycles. The van der Waals surface area contributed by atoms with Gasteiger partial charge in [-0.2, -0.15) is 0 Å². The summed E-state index contributed by atoms with van der Waals surface area (Å²) in [5.74, 6) is 0.584. The van der Waals surface area contributed by atoms with Gasteiger partial charge in [0, 0.05) is 12.1 Å². The van der Waals surface area contributed by atoms with Crippen molar-refractivity contribution in [1.29, 1.82) is 0 Å². The third-order valence-electron chi connectivity index (χ3n) is 2.22. The molecular weight excluding hydrogens is 269 g/mol. The highest BCUT2D eigenvalue weighted by Gasteiger charge is 2.10. The van der Waals surface area contributed by atoms with E-state index >= 15 is 0 Å². The molecule has 0 bridgehead atoms. The van der Waals surface area contributed by atoms with Crippen LogP contribution in [0.5, 0.6) is 5.75 Å². The average molecular weight is 288 g/mol. The van der Waals surface area contributed by atoms with Crippen molar-refractivity contribution in [3.05, 3.63) is 40.4 Å². The minimum absolute atomic E-state index is 0.0661. The molecule has 0 spiro atoms. The lowest BCUT2D eigenvalue weighted by Crippen LogP contribution is -2.37. The van der Waals surface area contributed by atoms with E-state index < -0.39 is 0 Å². The highest BCUT2D eigenvalue weighted by molar-refractivity contribution is 6.42. The Morgan fingerprint density at radius 1 is 1.33 bits per heavy atom. The normalized spacial score (nSPS) is 11.4. The second kappa shape index (κ2) is 6.46. The van der Waals surface area contributed by atoms with E-state index in [0.29, 0.717) is 28.9 Å². The molecule has 0 heterocycles. The van der Waals surface area contributed by atoms with Gasteiger partial charge in [-0.05, 0) is 38.5 Å². The van der Waals surface area contributed by atoms with Crippen molar-refractivity contribution >= 4 is 23.2 Å². The molecule has 18 heavy (non-hydrogen) atoms. The molecule has 0 saturated heterocycles. The topological polar surface area (TPSA) is 21.3 Å². The Hall–Kier alpha value is -0.700. The molecule has 2 nitrogen and oxygen atoms in total. The first kappa shape index (κ1) is 15.4. The van der Waals surface area contributed by atoms with E-state index in [9.17, 15) is 0 Å². The standard InChI is InChI=1S/C14H19Cl2NO/c1-10(8-17-14(2,3)4)9-18-12-7-5-6-11(15)13(12)16/h5-7,17H,1,8-9H2,2-4H3. The molecule has 0 aliphatic heterocycles. The zero-order valence-electron chi connectivity index (χ0n) is 11.0. The van der Waals surface area contributed by atoms with Crippen molar-refractivity contribution in [2.45, 2.75) is 26.3 Å². The summed E-state index contributed by atoms with van der Waals surface area (Å²) in [6, 6.07) is 5.32. The summed E-state index contributed by atoms with van der Waals surface area (Å²) in [5.41, 5.74) is 1.03. The Morgan fingerprint density at radius 3 is 2.61 bits per heavy atom. The Kier molecular flexibility index (Phi) is 5.51. The molecule has 0 radical (unpaired) electrons. The van der Waals surface area contributed by atoms with Gasteiger partial charge in [-0.25, -0.2) is 0 Å². The molecular formula is C14H19Cl2NO. The molecule has 0 unspecified atom stereocenters. The quantitative estimate of drug-likeness (QED) is 0.815. The van der Waals surface area contributed by atoms with Crippen molar-refractivity contribution < 1.29 is 4.74 Å². The van der Waals surface area contributed by atoms with Gasteiger partial charge in [0.25, 0.3) is 0 Å². The smallest absolute Gasteiger partial charge is 0.139 e. The largest absolute Gasteiger partial charge is 0.488 e. The van der Waals surface area contributed by atoms with Gasteiger partial charge in [0.1, 0.15) is 17.4 Å². The molecule has 0 atom stereocenters. The van der Waals surface area contributed by atoms with Gasteiger partial charge in [0.2, 0.25) is 0 Å². The monoisotopic (exact) mass is 287 g/mol. The third kappa shape index (κ3) is 5.30. The predicted octanol–water partition coefficient (Wildman–Crippen LogP) is 4.32. The second-order valence-corrected chi connectivity index (χ2v) is 5.98. The van der Waals surface area contributed by atoms with E-state index in [4.69, 9.17) is 27.9 Å². The molecule has 100 valence electrons. The van der Waals surface area contributed by atoms with Crippen molar-refractivity contribution in [3.63, 3.8) is 0 Å². The van der Waals surface area contributed by atoms with Crippen LogP contribution in [0.4, 0.5) is 0 Å². The van der Waals surface area contributed by atoms with E-state index in [1.807, 2.05) is 0 Å². The Labute approximate surface area is 119 Å². The van der Waals surface area contributed by atoms with Crippen LogP contribution in [-0.2, 0) is 0 Å². The maximum Gasteiger partial charge on any atom is 0.139 e. The molecule has 0 aromatic heterocycles. The van der Waals surface area contributed by atoms with Crippen molar-refractivity contribution in [2.24, 2.45) is 0 Å². The molecule has 0 aliphatic rings. The number of hydrogen-bond acceptors (Lipinski definition) is 2. The Bertz CT molecular complexity index is 424. The van der Waals surface area contributed by atoms with Crippen LogP contribution in [0, 0.1) is 0 Å². The number of ether oxygens (including phenoxy) is 1. The summed E-state index contributed by atoms with van der Waals surface area (Å²) in [5, 5.41) is 4.28. The molecule has 0 amide bonds. The first-order chi connectivity index (χ1) is 8.29. The number of halogens is 2. The average Bonchev–Trinajstić information content (AvgIpc) is 2.27. The van der Waals surface area contributed by atoms with Crippen LogP contribution in [0.25, 0.3) is 0 Å². The summed E-state index contributed by atoms with van der Waals surface area (Å²) in [6.07, 6.45) is 0. The van der Waals surface area contributed by atoms with E-state index in [2.05, 4.69) is 32.7 Å². The first-order valence-electron chi connectivity index (χ1n) is 5.78. The molecule has 1 rings (SSSR count). The van der Waals surface area contributed by atoms with Crippen LogP contribution in [0.3, 0.4) is 0 Å². The van der Waals surface area contributed by atoms with E-state index in [1.165, 1.54) is 0 Å². The van der Waals surface area contributed by atoms with Gasteiger partial charge >= 0.3 is 0 Å². The minimum Gasteiger partial charge on any atom is -0.488 e. The van der Waals surface area contributed by atoms with Gasteiger partial charge in [-0.1, -0.05) is 35.8 Å². The van der Waals surface area contributed by atoms with Gasteiger partial charge < -0.3 is 10.1 Å². The van der Waals surface area contributed by atoms with E-state index in [0.717, 1.165) is 5.57 Å². The zero-order chi connectivity index (χ0) is 13.8. The lowest BCUT2D eigenvalue weighted by atomic mass is 10.1. The summed E-state index contributed by atoms with van der Waals surface area (Å²) in [4.78, 5) is 0. The molecule has 1 aromatic rings. The van der Waals surface area contributed by atoms with Gasteiger partial charge in [-0.3, -0.25) is 0 Å². The van der Waals surface area contributed by atoms with Gasteiger partial charge in [-0.15, -0.1) is 0 Å². The molecule has 4 heteroatoms. The summed E-state index contributed by atoms with van der Waals surface area (Å²) >= 11 is 11.9. The third-order valence-corrected chi connectivity index (χ3v) is 3.02. The predicted molar refractivity (Wildman–Crippen MR) is 78.9 cm³/mol. The molecule has 1 N–H and O–H groups in total. The SMILES string of the molecule is C=C(CNC(C)(C)C)COc1cccc(Cl)c1Cl. The fourth-order valence-corrected chi connectivity index (χ4v) is 1.56. The number of benzene rings is 1. The summed E-state index contributed by atoms with van der Waals surface area (Å²) in [7, 11) is 0. The van der Waals surface area contributed by atoms with Gasteiger partial charge in [0.15, 0.2) is 0 Å². The van der Waals surface area contributed by atoms with Crippen LogP contribution in [0.2, 0.25) is 10.0 Å². The molecule has 1 aromatic carbocycles. The van der Waals surface area contributed by atoms with Crippen LogP contribution in [0.1, 0.15) is 20.8 Å². The van der Waals surface area contributed by atoms with Crippen LogP contribution < -0.4 is 10.1 Å².